The summed E-state index contributed by atoms with van der Waals surface area (Å²) in [4.78, 5) is 0. The number of benzene rings is 8. The van der Waals surface area contributed by atoms with E-state index in [1.54, 1.807) is 0 Å². The van der Waals surface area contributed by atoms with Crippen molar-refractivity contribution in [2.24, 2.45) is 0 Å². The van der Waals surface area contributed by atoms with Crippen molar-refractivity contribution in [3.8, 4) is 33.4 Å². The second-order valence-corrected chi connectivity index (χ2v) is 15.7. The van der Waals surface area contributed by atoms with Crippen LogP contribution < -0.4 is 115 Å². The molecule has 64 heavy (non-hydrogen) atoms. The van der Waals surface area contributed by atoms with E-state index in [1.165, 1.54) is 0 Å². The molecule has 0 spiro atoms. The van der Waals surface area contributed by atoms with Gasteiger partial charge in [-0.3, -0.25) is 0 Å². The van der Waals surface area contributed by atoms with Crippen LogP contribution in [0.25, 0.3) is 87.6 Å². The van der Waals surface area contributed by atoms with E-state index in [0.29, 0.717) is 11.1 Å². The quantitative estimate of drug-likeness (QED) is 0.129. The van der Waals surface area contributed by atoms with Crippen LogP contribution in [-0.2, 0) is 0 Å². The van der Waals surface area contributed by atoms with Crippen molar-refractivity contribution >= 4 is 334 Å². The van der Waals surface area contributed by atoms with Gasteiger partial charge in [0, 0.05) is 10.8 Å². The molecule has 1 heterocycles. The van der Waals surface area contributed by atoms with Crippen molar-refractivity contribution < 1.29 is 4.42 Å². The third-order valence-corrected chi connectivity index (χ3v) is 12.5. The van der Waals surface area contributed by atoms with Gasteiger partial charge in [-0.05, 0) is 65.7 Å². The molecule has 0 unspecified atom stereocenters. The van der Waals surface area contributed by atoms with Crippen LogP contribution in [0.4, 0.5) is 0 Å². The Morgan fingerprint density at radius 3 is 0.875 bits per heavy atom. The van der Waals surface area contributed by atoms with Gasteiger partial charge in [0.15, 0.2) is 0 Å². The molecular formula is C42H5B21O. The van der Waals surface area contributed by atoms with Crippen molar-refractivity contribution in [1.29, 1.82) is 0 Å². The fourth-order valence-electron chi connectivity index (χ4n) is 9.21. The molecule has 0 atom stereocenters. The van der Waals surface area contributed by atoms with Crippen LogP contribution in [0, 0.1) is 0 Å². The average molecular weight is 753 g/mol. The molecule has 242 valence electrons. The molecular weight excluding hydrogens is 748 g/mol. The van der Waals surface area contributed by atoms with Gasteiger partial charge in [0.1, 0.15) is 176 Å². The summed E-state index contributed by atoms with van der Waals surface area (Å²) in [5, 5.41) is 0.965. The highest BCUT2D eigenvalue weighted by Gasteiger charge is 2.30. The van der Waals surface area contributed by atoms with Gasteiger partial charge >= 0.3 is 0 Å². The minimum absolute atomic E-state index is 0.00797. The van der Waals surface area contributed by atoms with Crippen LogP contribution in [-0.4, -0.2) is 165 Å². The predicted molar refractivity (Wildman–Crippen MR) is 296 cm³/mol. The fourth-order valence-corrected chi connectivity index (χ4v) is 9.21. The largest absolute Gasteiger partial charge is 0.457 e. The van der Waals surface area contributed by atoms with Gasteiger partial charge in [0.05, 0.1) is 0 Å². The zero-order valence-electron chi connectivity index (χ0n) is 33.9. The second-order valence-electron chi connectivity index (χ2n) is 15.7. The van der Waals surface area contributed by atoms with E-state index in [1.807, 2.05) is 30.3 Å². The maximum absolute atomic E-state index is 7.22. The van der Waals surface area contributed by atoms with Crippen LogP contribution in [0.2, 0.25) is 0 Å². The first kappa shape index (κ1) is 44.9. The highest BCUT2D eigenvalue weighted by Crippen LogP contribution is 2.40. The Bertz CT molecular complexity index is 3590. The Labute approximate surface area is 399 Å². The highest BCUT2D eigenvalue weighted by atomic mass is 16.3. The molecule has 0 fully saturated rings. The first-order valence-corrected chi connectivity index (χ1v) is 19.1. The highest BCUT2D eigenvalue weighted by molar-refractivity contribution is 6.75. The third-order valence-electron chi connectivity index (χ3n) is 12.5. The number of hydrogen-bond acceptors (Lipinski definition) is 1. The molecule has 42 radical (unpaired) electrons. The third kappa shape index (κ3) is 5.75. The second kappa shape index (κ2) is 15.4. The molecule has 0 aliphatic carbocycles. The van der Waals surface area contributed by atoms with E-state index in [0.717, 1.165) is 0 Å². The van der Waals surface area contributed by atoms with E-state index in [2.05, 4.69) is 0 Å². The van der Waals surface area contributed by atoms with Crippen LogP contribution in [0.15, 0.2) is 34.7 Å². The minimum atomic E-state index is -0.138. The number of hydrogen-bond donors (Lipinski definition) is 0. The summed E-state index contributed by atoms with van der Waals surface area (Å²) < 4.78 is 6.17. The van der Waals surface area contributed by atoms with Gasteiger partial charge in [0.25, 0.3) is 0 Å². The summed E-state index contributed by atoms with van der Waals surface area (Å²) in [6.45, 7) is 0. The van der Waals surface area contributed by atoms with E-state index in [-0.39, 0.29) is 191 Å². The van der Waals surface area contributed by atoms with Crippen LogP contribution in [0.1, 0.15) is 0 Å². The summed E-state index contributed by atoms with van der Waals surface area (Å²) in [5.41, 5.74) is -0.0496. The zero-order chi connectivity index (χ0) is 46.6. The Morgan fingerprint density at radius 1 is 0.203 bits per heavy atom. The van der Waals surface area contributed by atoms with E-state index in [4.69, 9.17) is 169 Å². The van der Waals surface area contributed by atoms with Gasteiger partial charge in [-0.15, -0.1) is 32.8 Å². The first-order valence-electron chi connectivity index (χ1n) is 19.1. The summed E-state index contributed by atoms with van der Waals surface area (Å²) in [6.07, 6.45) is 0. The van der Waals surface area contributed by atoms with Crippen molar-refractivity contribution in [3.63, 3.8) is 0 Å². The van der Waals surface area contributed by atoms with Crippen LogP contribution >= 0.6 is 0 Å². The Hall–Kier alpha value is -4.30. The Kier molecular flexibility index (Phi) is 10.8. The molecule has 0 bridgehead atoms. The van der Waals surface area contributed by atoms with E-state index in [9.17, 15) is 0 Å². The van der Waals surface area contributed by atoms with E-state index < -0.39 is 0 Å². The maximum Gasteiger partial charge on any atom is 0.127 e. The fraction of sp³-hybridized carbons (Fsp3) is 0. The lowest BCUT2D eigenvalue weighted by Gasteiger charge is -2.32. The first-order chi connectivity index (χ1) is 30.1. The number of fused-ring (bicyclic) bond motifs is 6. The van der Waals surface area contributed by atoms with Crippen LogP contribution in [0.5, 0.6) is 0 Å². The van der Waals surface area contributed by atoms with Gasteiger partial charge < -0.3 is 4.42 Å². The van der Waals surface area contributed by atoms with Gasteiger partial charge in [-0.1, -0.05) is 112 Å². The normalized spacial score (nSPS) is 11.8. The average Bonchev–Trinajstić information content (AvgIpc) is 3.69. The Balaban J connectivity index is 1.59. The van der Waals surface area contributed by atoms with Gasteiger partial charge in [-0.2, -0.15) is 0 Å². The molecule has 0 aliphatic heterocycles. The molecule has 0 saturated heterocycles. The number of furan rings is 1. The topological polar surface area (TPSA) is 13.1 Å². The lowest BCUT2D eigenvalue weighted by Crippen LogP contribution is -2.51. The van der Waals surface area contributed by atoms with Crippen molar-refractivity contribution in [1.82, 2.24) is 0 Å². The molecule has 0 saturated carbocycles. The molecule has 0 N–H and O–H groups in total. The number of rotatable bonds is 3. The van der Waals surface area contributed by atoms with Crippen LogP contribution in [0.3, 0.4) is 0 Å². The minimum Gasteiger partial charge on any atom is -0.457 e. The smallest absolute Gasteiger partial charge is 0.127 e. The SMILES string of the molecule is [B]c1c([B])c([B])c2c(oc3c([B])c([B])c(-c4c5c([B])c([B])c([B])c([B])c5c(-c5c([B])c([B])c6c([B])c(-c7ccccc7)c([B])c([B])c6c5[B])c5c([B])c([B])c([B])c([B])c45)c([B])c32)c1[B]. The molecule has 0 aliphatic rings. The van der Waals surface area contributed by atoms with Crippen molar-refractivity contribution in [2.75, 3.05) is 0 Å². The van der Waals surface area contributed by atoms with Crippen molar-refractivity contribution in [3.05, 3.63) is 30.3 Å². The molecule has 0 amide bonds. The molecule has 9 aromatic rings. The molecule has 22 heteroatoms. The molecule has 1 nitrogen and oxygen atoms in total. The van der Waals surface area contributed by atoms with Gasteiger partial charge in [0.2, 0.25) is 0 Å². The summed E-state index contributed by atoms with van der Waals surface area (Å²) in [6, 6.07) is 9.09. The molecule has 9 rings (SSSR count). The lowest BCUT2D eigenvalue weighted by atomic mass is 9.56. The summed E-state index contributed by atoms with van der Waals surface area (Å²) in [7, 11) is 143. The molecule has 8 aromatic carbocycles. The van der Waals surface area contributed by atoms with Crippen molar-refractivity contribution in [2.45, 2.75) is 0 Å². The standard InChI is InChI=1S/C42H5B21O/c43-20-7(6-4-2-1-3-5-6)23(46)29(52)17-16(20)30(53)28(51)14(21(17)44)8-10-12(26(49)35(58)33(56)24(10)47)9(13-11(8)25(48)34(57)36(59)27(13)50)15-22(45)18-19-32(55)37(60)38(61)40(63)42(19)64-41(18)39(62)31(15)54/h1-5H. The molecule has 1 aromatic heterocycles. The summed E-state index contributed by atoms with van der Waals surface area (Å²) >= 11 is 0. The maximum atomic E-state index is 7.22. The Morgan fingerprint density at radius 2 is 0.469 bits per heavy atom. The zero-order valence-corrected chi connectivity index (χ0v) is 33.9. The monoisotopic (exact) mass is 756 g/mol. The van der Waals surface area contributed by atoms with Gasteiger partial charge in [-0.25, -0.2) is 0 Å². The summed E-state index contributed by atoms with van der Waals surface area (Å²) in [5.74, 6) is 0. The predicted octanol–water partition coefficient (Wildman–Crippen LogP) is -13.3. The lowest BCUT2D eigenvalue weighted by molar-refractivity contribution is 0.675. The van der Waals surface area contributed by atoms with E-state index >= 15 is 0 Å².